The van der Waals surface area contributed by atoms with E-state index in [1.807, 2.05) is 0 Å². The fourth-order valence-electron chi connectivity index (χ4n) is 1.70. The lowest BCUT2D eigenvalue weighted by Gasteiger charge is -2.11. The average Bonchev–Trinajstić information content (AvgIpc) is 2.29. The number of hydrogen-bond donors (Lipinski definition) is 2. The van der Waals surface area contributed by atoms with E-state index in [-0.39, 0.29) is 17.5 Å². The van der Waals surface area contributed by atoms with Crippen LogP contribution in [-0.2, 0) is 0 Å². The summed E-state index contributed by atoms with van der Waals surface area (Å²) in [5, 5.41) is 20.0. The van der Waals surface area contributed by atoms with Crippen molar-refractivity contribution in [3.05, 3.63) is 33.9 Å². The zero-order valence-electron chi connectivity index (χ0n) is 9.93. The van der Waals surface area contributed by atoms with Gasteiger partial charge in [-0.3, -0.25) is 10.1 Å². The Labute approximate surface area is 100 Å². The Balaban J connectivity index is 2.77. The first-order valence-corrected chi connectivity index (χ1v) is 5.79. The Kier molecular flexibility index (Phi) is 4.90. The minimum Gasteiger partial charge on any atom is -0.502 e. The van der Waals surface area contributed by atoms with Gasteiger partial charge in [-0.25, -0.2) is 0 Å². The van der Waals surface area contributed by atoms with E-state index in [9.17, 15) is 15.2 Å². The number of phenolic OH excluding ortho intramolecular Hbond substituents is 1. The highest BCUT2D eigenvalue weighted by Gasteiger charge is 2.16. The van der Waals surface area contributed by atoms with Crippen LogP contribution < -0.4 is 5.73 Å². The topological polar surface area (TPSA) is 89.4 Å². The third-order valence-electron chi connectivity index (χ3n) is 2.74. The molecule has 0 aliphatic heterocycles. The van der Waals surface area contributed by atoms with Crippen molar-refractivity contribution in [2.75, 3.05) is 0 Å². The summed E-state index contributed by atoms with van der Waals surface area (Å²) >= 11 is 0. The standard InChI is InChI=1S/C12H18N2O3/c1-2-3-4-5-10(13)9-6-7-12(15)11(8-9)14(16)17/h6-8,10,15H,2-5,13H2,1H3/t10-/m1/s1. The molecule has 1 rings (SSSR count). The van der Waals surface area contributed by atoms with Crippen molar-refractivity contribution in [1.29, 1.82) is 0 Å². The number of aromatic hydroxyl groups is 1. The number of hydrogen-bond acceptors (Lipinski definition) is 4. The van der Waals surface area contributed by atoms with Crippen LogP contribution in [0.2, 0.25) is 0 Å². The lowest BCUT2D eigenvalue weighted by molar-refractivity contribution is -0.385. The molecule has 0 heterocycles. The van der Waals surface area contributed by atoms with Crippen molar-refractivity contribution in [1.82, 2.24) is 0 Å². The zero-order valence-corrected chi connectivity index (χ0v) is 9.93. The molecule has 0 saturated heterocycles. The van der Waals surface area contributed by atoms with E-state index in [0.717, 1.165) is 25.7 Å². The molecule has 0 amide bonds. The summed E-state index contributed by atoms with van der Waals surface area (Å²) in [6.45, 7) is 2.11. The SMILES string of the molecule is CCCCC[C@@H](N)c1ccc(O)c([N+](=O)[O-])c1. The molecule has 0 saturated carbocycles. The summed E-state index contributed by atoms with van der Waals surface area (Å²) in [4.78, 5) is 10.1. The van der Waals surface area contributed by atoms with Gasteiger partial charge in [0.25, 0.3) is 0 Å². The summed E-state index contributed by atoms with van der Waals surface area (Å²) in [5.74, 6) is -0.320. The predicted octanol–water partition coefficient (Wildman–Crippen LogP) is 2.88. The molecule has 5 nitrogen and oxygen atoms in total. The van der Waals surface area contributed by atoms with E-state index in [0.29, 0.717) is 5.56 Å². The fraction of sp³-hybridized carbons (Fsp3) is 0.500. The summed E-state index contributed by atoms with van der Waals surface area (Å²) in [6, 6.07) is 4.11. The molecule has 17 heavy (non-hydrogen) atoms. The van der Waals surface area contributed by atoms with Crippen LogP contribution in [0.3, 0.4) is 0 Å². The first-order chi connectivity index (χ1) is 8.06. The number of unbranched alkanes of at least 4 members (excludes halogenated alkanes) is 2. The molecule has 1 aromatic rings. The Morgan fingerprint density at radius 1 is 1.47 bits per heavy atom. The largest absolute Gasteiger partial charge is 0.502 e. The molecular formula is C12H18N2O3. The molecule has 0 spiro atoms. The van der Waals surface area contributed by atoms with Gasteiger partial charge in [-0.15, -0.1) is 0 Å². The minimum absolute atomic E-state index is 0.208. The Bertz CT molecular complexity index is 393. The predicted molar refractivity (Wildman–Crippen MR) is 65.8 cm³/mol. The number of nitrogens with two attached hydrogens (primary N) is 1. The monoisotopic (exact) mass is 238 g/mol. The summed E-state index contributed by atoms with van der Waals surface area (Å²) in [6.07, 6.45) is 4.03. The van der Waals surface area contributed by atoms with E-state index in [4.69, 9.17) is 5.73 Å². The normalized spacial score (nSPS) is 12.4. The number of nitrogens with zero attached hydrogens (tertiary/aromatic N) is 1. The van der Waals surface area contributed by atoms with Crippen LogP contribution in [0.1, 0.15) is 44.2 Å². The molecule has 0 aliphatic carbocycles. The second-order valence-electron chi connectivity index (χ2n) is 4.11. The van der Waals surface area contributed by atoms with Crippen molar-refractivity contribution >= 4 is 5.69 Å². The minimum atomic E-state index is -0.600. The molecule has 3 N–H and O–H groups in total. The average molecular weight is 238 g/mol. The lowest BCUT2D eigenvalue weighted by atomic mass is 10.0. The van der Waals surface area contributed by atoms with Crippen molar-refractivity contribution in [2.45, 2.75) is 38.6 Å². The van der Waals surface area contributed by atoms with Gasteiger partial charge in [0.05, 0.1) is 4.92 Å². The highest BCUT2D eigenvalue weighted by Crippen LogP contribution is 2.29. The van der Waals surface area contributed by atoms with Gasteiger partial charge in [-0.1, -0.05) is 32.3 Å². The van der Waals surface area contributed by atoms with Gasteiger partial charge in [-0.05, 0) is 18.1 Å². The molecule has 5 heteroatoms. The molecule has 0 radical (unpaired) electrons. The van der Waals surface area contributed by atoms with Crippen molar-refractivity contribution < 1.29 is 10.0 Å². The third-order valence-corrected chi connectivity index (χ3v) is 2.74. The number of phenols is 1. The number of benzene rings is 1. The highest BCUT2D eigenvalue weighted by atomic mass is 16.6. The summed E-state index contributed by atoms with van der Waals surface area (Å²) in [5.41, 5.74) is 6.37. The van der Waals surface area contributed by atoms with Crippen molar-refractivity contribution in [3.63, 3.8) is 0 Å². The first-order valence-electron chi connectivity index (χ1n) is 5.79. The van der Waals surface area contributed by atoms with Crippen LogP contribution in [0.5, 0.6) is 5.75 Å². The quantitative estimate of drug-likeness (QED) is 0.453. The lowest BCUT2D eigenvalue weighted by Crippen LogP contribution is -2.10. The molecule has 94 valence electrons. The van der Waals surface area contributed by atoms with Crippen molar-refractivity contribution in [2.24, 2.45) is 5.73 Å². The van der Waals surface area contributed by atoms with Crippen LogP contribution in [0.4, 0.5) is 5.69 Å². The molecule has 0 aromatic heterocycles. The van der Waals surface area contributed by atoms with Crippen LogP contribution in [0.25, 0.3) is 0 Å². The second-order valence-corrected chi connectivity index (χ2v) is 4.11. The van der Waals surface area contributed by atoms with Gasteiger partial charge in [0.2, 0.25) is 0 Å². The van der Waals surface area contributed by atoms with E-state index in [1.54, 1.807) is 6.07 Å². The van der Waals surface area contributed by atoms with Gasteiger partial charge in [-0.2, -0.15) is 0 Å². The van der Waals surface area contributed by atoms with Crippen LogP contribution in [0, 0.1) is 10.1 Å². The van der Waals surface area contributed by atoms with Gasteiger partial charge >= 0.3 is 5.69 Å². The molecule has 1 atom stereocenters. The molecule has 0 bridgehead atoms. The summed E-state index contributed by atoms with van der Waals surface area (Å²) in [7, 11) is 0. The number of rotatable bonds is 6. The maximum atomic E-state index is 10.7. The third kappa shape index (κ3) is 3.71. The molecule has 1 aromatic carbocycles. The first kappa shape index (κ1) is 13.4. The van der Waals surface area contributed by atoms with Gasteiger partial charge in [0, 0.05) is 12.1 Å². The maximum absolute atomic E-state index is 10.7. The number of nitro groups is 1. The van der Waals surface area contributed by atoms with Crippen LogP contribution in [0.15, 0.2) is 18.2 Å². The molecule has 0 unspecified atom stereocenters. The Morgan fingerprint density at radius 3 is 2.76 bits per heavy atom. The van der Waals surface area contributed by atoms with Gasteiger partial charge in [0.15, 0.2) is 5.75 Å². The Morgan fingerprint density at radius 2 is 2.18 bits per heavy atom. The van der Waals surface area contributed by atoms with Crippen molar-refractivity contribution in [3.8, 4) is 5.75 Å². The number of nitro benzene ring substituents is 1. The second kappa shape index (κ2) is 6.20. The summed E-state index contributed by atoms with van der Waals surface area (Å²) < 4.78 is 0. The zero-order chi connectivity index (χ0) is 12.8. The smallest absolute Gasteiger partial charge is 0.311 e. The molecular weight excluding hydrogens is 220 g/mol. The van der Waals surface area contributed by atoms with E-state index < -0.39 is 4.92 Å². The molecule has 0 fully saturated rings. The van der Waals surface area contributed by atoms with Gasteiger partial charge < -0.3 is 10.8 Å². The van der Waals surface area contributed by atoms with Gasteiger partial charge in [0.1, 0.15) is 0 Å². The highest BCUT2D eigenvalue weighted by molar-refractivity contribution is 5.48. The fourth-order valence-corrected chi connectivity index (χ4v) is 1.70. The van der Waals surface area contributed by atoms with Crippen LogP contribution >= 0.6 is 0 Å². The maximum Gasteiger partial charge on any atom is 0.311 e. The Hall–Kier alpha value is -1.62. The van der Waals surface area contributed by atoms with E-state index >= 15 is 0 Å². The van der Waals surface area contributed by atoms with Crippen LogP contribution in [-0.4, -0.2) is 10.0 Å². The van der Waals surface area contributed by atoms with E-state index in [1.165, 1.54) is 12.1 Å². The van der Waals surface area contributed by atoms with E-state index in [2.05, 4.69) is 6.92 Å². The molecule has 0 aliphatic rings.